The fourth-order valence-corrected chi connectivity index (χ4v) is 5.13. The molecule has 0 fully saturated rings. The van der Waals surface area contributed by atoms with Gasteiger partial charge in [0.05, 0.1) is 11.9 Å². The van der Waals surface area contributed by atoms with Crippen molar-refractivity contribution in [3.05, 3.63) is 53.6 Å². The van der Waals surface area contributed by atoms with Gasteiger partial charge in [-0.2, -0.15) is 0 Å². The Balaban J connectivity index is 1.71. The Morgan fingerprint density at radius 3 is 2.54 bits per heavy atom. The van der Waals surface area contributed by atoms with Crippen molar-refractivity contribution < 1.29 is 27.5 Å². The van der Waals surface area contributed by atoms with Gasteiger partial charge in [0.1, 0.15) is 6.04 Å². The lowest BCUT2D eigenvalue weighted by Gasteiger charge is -2.29. The van der Waals surface area contributed by atoms with E-state index in [1.54, 1.807) is 30.0 Å². The first-order chi connectivity index (χ1) is 17.6. The number of hydrogen-bond donors (Lipinski definition) is 1. The normalized spacial score (nSPS) is 13.2. The Labute approximate surface area is 219 Å². The van der Waals surface area contributed by atoms with E-state index < -0.39 is 16.1 Å². The summed E-state index contributed by atoms with van der Waals surface area (Å²) in [5, 5.41) is 2.91. The molecule has 2 aromatic carbocycles. The molecule has 0 radical (unpaired) electrons. The van der Waals surface area contributed by atoms with Crippen molar-refractivity contribution >= 4 is 27.5 Å². The second-order valence-corrected chi connectivity index (χ2v) is 11.2. The van der Waals surface area contributed by atoms with Gasteiger partial charge in [-0.05, 0) is 44.4 Å². The van der Waals surface area contributed by atoms with Crippen LogP contribution in [0.3, 0.4) is 0 Å². The minimum absolute atomic E-state index is 0.0904. The van der Waals surface area contributed by atoms with Crippen LogP contribution < -0.4 is 19.1 Å². The molecule has 1 heterocycles. The number of fused-ring (bicyclic) bond motifs is 1. The Morgan fingerprint density at radius 1 is 1.08 bits per heavy atom. The maximum absolute atomic E-state index is 13.4. The number of amides is 2. The molecular weight excluding hydrogens is 494 g/mol. The molecule has 1 aliphatic heterocycles. The highest BCUT2D eigenvalue weighted by Gasteiger charge is 2.27. The fraction of sp³-hybridized carbons (Fsp3) is 0.481. The molecule has 3 rings (SSSR count). The molecular formula is C27H37N3O6S. The van der Waals surface area contributed by atoms with Crippen molar-refractivity contribution in [2.24, 2.45) is 0 Å². The Kier molecular flexibility index (Phi) is 9.79. The van der Waals surface area contributed by atoms with Crippen LogP contribution in [0.1, 0.15) is 50.7 Å². The maximum atomic E-state index is 13.4. The maximum Gasteiger partial charge on any atom is 0.242 e. The molecule has 0 saturated heterocycles. The quantitative estimate of drug-likeness (QED) is 0.396. The molecule has 1 N–H and O–H groups in total. The van der Waals surface area contributed by atoms with Crippen LogP contribution in [0.25, 0.3) is 0 Å². The lowest BCUT2D eigenvalue weighted by Crippen LogP contribution is -2.48. The zero-order chi connectivity index (χ0) is 27.0. The predicted octanol–water partition coefficient (Wildman–Crippen LogP) is 3.60. The molecule has 2 amide bonds. The lowest BCUT2D eigenvalue weighted by atomic mass is 10.1. The van der Waals surface area contributed by atoms with Crippen LogP contribution in [0.5, 0.6) is 11.5 Å². The van der Waals surface area contributed by atoms with Crippen LogP contribution in [0.2, 0.25) is 0 Å². The Hall–Kier alpha value is -3.27. The number of nitrogens with one attached hydrogen (secondary N) is 1. The first-order valence-corrected chi connectivity index (χ1v) is 14.4. The van der Waals surface area contributed by atoms with E-state index in [0.29, 0.717) is 30.3 Å². The average Bonchev–Trinajstić information content (AvgIpc) is 3.32. The molecule has 37 heavy (non-hydrogen) atoms. The molecule has 0 aromatic heterocycles. The highest BCUT2D eigenvalue weighted by molar-refractivity contribution is 7.92. The summed E-state index contributed by atoms with van der Waals surface area (Å²) in [6.45, 7) is 6.81. The summed E-state index contributed by atoms with van der Waals surface area (Å²) in [6, 6.07) is 12.1. The van der Waals surface area contributed by atoms with Gasteiger partial charge in [-0.25, -0.2) is 8.42 Å². The van der Waals surface area contributed by atoms with Crippen molar-refractivity contribution in [2.75, 3.05) is 30.4 Å². The Morgan fingerprint density at radius 2 is 1.84 bits per heavy atom. The number of unbranched alkanes of at least 4 members (excludes halogenated alkanes) is 1. The summed E-state index contributed by atoms with van der Waals surface area (Å²) in [7, 11) is -3.60. The number of sulfonamides is 1. The van der Waals surface area contributed by atoms with Crippen molar-refractivity contribution in [3.8, 4) is 11.5 Å². The standard InChI is InChI=1S/C27H37N3O6S/c1-5-6-14-28-27(32)21(3)29(18-22-10-7-9-20(2)16-22)26(31)11-8-15-30(37(4,33)34)23-12-13-24-25(17-23)36-19-35-24/h7,9-10,12-13,16-17,21H,5-6,8,11,14-15,18-19H2,1-4H3,(H,28,32)/t21-/m0/s1. The van der Waals surface area contributed by atoms with E-state index in [1.807, 2.05) is 38.1 Å². The van der Waals surface area contributed by atoms with Gasteiger partial charge in [0.15, 0.2) is 11.5 Å². The molecule has 2 aromatic rings. The van der Waals surface area contributed by atoms with Gasteiger partial charge in [-0.1, -0.05) is 43.2 Å². The summed E-state index contributed by atoms with van der Waals surface area (Å²) in [5.74, 6) is 0.631. The summed E-state index contributed by atoms with van der Waals surface area (Å²) in [5.41, 5.74) is 2.44. The number of carbonyl (C=O) groups is 2. The molecule has 1 atom stereocenters. The number of anilines is 1. The monoisotopic (exact) mass is 531 g/mol. The summed E-state index contributed by atoms with van der Waals surface area (Å²) >= 11 is 0. The van der Waals surface area contributed by atoms with E-state index in [4.69, 9.17) is 9.47 Å². The molecule has 9 nitrogen and oxygen atoms in total. The third-order valence-electron chi connectivity index (χ3n) is 6.23. The van der Waals surface area contributed by atoms with Gasteiger partial charge in [0.2, 0.25) is 28.6 Å². The van der Waals surface area contributed by atoms with Crippen LogP contribution >= 0.6 is 0 Å². The van der Waals surface area contributed by atoms with Crippen LogP contribution in [0, 0.1) is 6.92 Å². The SMILES string of the molecule is CCCCNC(=O)[C@H](C)N(Cc1cccc(C)c1)C(=O)CCCN(c1ccc2c(c1)OCO2)S(C)(=O)=O. The highest BCUT2D eigenvalue weighted by atomic mass is 32.2. The van der Waals surface area contributed by atoms with Crippen molar-refractivity contribution in [2.45, 2.75) is 59.0 Å². The van der Waals surface area contributed by atoms with E-state index in [-0.39, 0.29) is 38.0 Å². The van der Waals surface area contributed by atoms with Crippen LogP contribution in [-0.4, -0.2) is 57.3 Å². The topological polar surface area (TPSA) is 105 Å². The molecule has 1 aliphatic rings. The third-order valence-corrected chi connectivity index (χ3v) is 7.42. The summed E-state index contributed by atoms with van der Waals surface area (Å²) < 4.78 is 37.0. The highest BCUT2D eigenvalue weighted by Crippen LogP contribution is 2.36. The first kappa shape index (κ1) is 28.3. The van der Waals surface area contributed by atoms with Gasteiger partial charge in [0, 0.05) is 32.1 Å². The zero-order valence-electron chi connectivity index (χ0n) is 22.0. The number of carbonyl (C=O) groups excluding carboxylic acids is 2. The van der Waals surface area contributed by atoms with Crippen LogP contribution in [-0.2, 0) is 26.2 Å². The molecule has 0 saturated carbocycles. The third kappa shape index (κ3) is 7.85. The number of rotatable bonds is 13. The van der Waals surface area contributed by atoms with E-state index in [1.165, 1.54) is 4.31 Å². The van der Waals surface area contributed by atoms with Gasteiger partial charge in [-0.3, -0.25) is 13.9 Å². The summed E-state index contributed by atoms with van der Waals surface area (Å²) in [4.78, 5) is 27.7. The second kappa shape index (κ2) is 12.8. The smallest absolute Gasteiger partial charge is 0.242 e. The largest absolute Gasteiger partial charge is 0.454 e. The van der Waals surface area contributed by atoms with E-state index in [0.717, 1.165) is 30.2 Å². The number of aryl methyl sites for hydroxylation is 1. The van der Waals surface area contributed by atoms with E-state index >= 15 is 0 Å². The van der Waals surface area contributed by atoms with Crippen molar-refractivity contribution in [1.29, 1.82) is 0 Å². The number of benzene rings is 2. The lowest BCUT2D eigenvalue weighted by molar-refractivity contribution is -0.140. The van der Waals surface area contributed by atoms with E-state index in [2.05, 4.69) is 5.32 Å². The van der Waals surface area contributed by atoms with Gasteiger partial charge in [-0.15, -0.1) is 0 Å². The van der Waals surface area contributed by atoms with E-state index in [9.17, 15) is 18.0 Å². The molecule has 0 aliphatic carbocycles. The molecule has 0 spiro atoms. The molecule has 202 valence electrons. The first-order valence-electron chi connectivity index (χ1n) is 12.6. The van der Waals surface area contributed by atoms with Gasteiger partial charge in [0.25, 0.3) is 0 Å². The molecule has 0 unspecified atom stereocenters. The Bertz CT molecular complexity index is 1200. The fourth-order valence-electron chi connectivity index (χ4n) is 4.17. The molecule has 10 heteroatoms. The number of nitrogens with zero attached hydrogens (tertiary/aromatic N) is 2. The number of hydrogen-bond acceptors (Lipinski definition) is 6. The zero-order valence-corrected chi connectivity index (χ0v) is 22.8. The van der Waals surface area contributed by atoms with Gasteiger partial charge >= 0.3 is 0 Å². The minimum atomic E-state index is -3.60. The van der Waals surface area contributed by atoms with Crippen LogP contribution in [0.4, 0.5) is 5.69 Å². The predicted molar refractivity (Wildman–Crippen MR) is 143 cm³/mol. The minimum Gasteiger partial charge on any atom is -0.454 e. The second-order valence-electron chi connectivity index (χ2n) is 9.31. The van der Waals surface area contributed by atoms with Crippen molar-refractivity contribution in [1.82, 2.24) is 10.2 Å². The van der Waals surface area contributed by atoms with Crippen molar-refractivity contribution in [3.63, 3.8) is 0 Å². The average molecular weight is 532 g/mol. The van der Waals surface area contributed by atoms with Gasteiger partial charge < -0.3 is 19.7 Å². The number of ether oxygens (including phenoxy) is 2. The summed E-state index contributed by atoms with van der Waals surface area (Å²) in [6.07, 6.45) is 3.34. The molecule has 0 bridgehead atoms. The van der Waals surface area contributed by atoms with Crippen LogP contribution in [0.15, 0.2) is 42.5 Å².